The summed E-state index contributed by atoms with van der Waals surface area (Å²) in [5, 5.41) is 3.54. The van der Waals surface area contributed by atoms with Crippen molar-refractivity contribution in [3.05, 3.63) is 17.6 Å². The lowest BCUT2D eigenvalue weighted by Crippen LogP contribution is -2.29. The number of amides is 1. The molecular formula is C16H24N4O. The number of anilines is 1. The molecule has 1 aliphatic carbocycles. The molecule has 2 fully saturated rings. The molecule has 2 heterocycles. The van der Waals surface area contributed by atoms with E-state index < -0.39 is 0 Å². The summed E-state index contributed by atoms with van der Waals surface area (Å²) >= 11 is 0. The van der Waals surface area contributed by atoms with Gasteiger partial charge in [0.2, 0.25) is 5.91 Å². The smallest absolute Gasteiger partial charge is 0.220 e. The molecule has 1 saturated carbocycles. The van der Waals surface area contributed by atoms with Crippen LogP contribution in [0.25, 0.3) is 0 Å². The van der Waals surface area contributed by atoms with Crippen LogP contribution in [0.5, 0.6) is 0 Å². The van der Waals surface area contributed by atoms with Gasteiger partial charge >= 0.3 is 0 Å². The molecule has 3 rings (SSSR count). The molecule has 114 valence electrons. The van der Waals surface area contributed by atoms with Gasteiger partial charge in [-0.3, -0.25) is 4.79 Å². The van der Waals surface area contributed by atoms with Crippen LogP contribution in [0.1, 0.15) is 63.0 Å². The number of nitrogens with zero attached hydrogens (tertiary/aromatic N) is 3. The zero-order valence-corrected chi connectivity index (χ0v) is 12.9. The Bertz CT molecular complexity index is 525. The fourth-order valence-corrected chi connectivity index (χ4v) is 3.51. The molecule has 0 spiro atoms. The number of likely N-dealkylation sites (tertiary alicyclic amines) is 1. The number of rotatable bonds is 3. The second-order valence-corrected chi connectivity index (χ2v) is 6.25. The summed E-state index contributed by atoms with van der Waals surface area (Å²) in [6.07, 6.45) is 7.05. The Morgan fingerprint density at radius 1 is 1.24 bits per heavy atom. The molecule has 1 atom stereocenters. The minimum Gasteiger partial charge on any atom is -0.367 e. The monoisotopic (exact) mass is 288 g/mol. The predicted octanol–water partition coefficient (Wildman–Crippen LogP) is 2.82. The van der Waals surface area contributed by atoms with Gasteiger partial charge in [0.25, 0.3) is 0 Å². The summed E-state index contributed by atoms with van der Waals surface area (Å²) in [5.74, 6) is 1.83. The molecule has 0 bridgehead atoms. The quantitative estimate of drug-likeness (QED) is 0.929. The minimum atomic E-state index is 0.0477. The van der Waals surface area contributed by atoms with E-state index >= 15 is 0 Å². The van der Waals surface area contributed by atoms with Crippen molar-refractivity contribution in [2.75, 3.05) is 11.9 Å². The third kappa shape index (κ3) is 3.17. The number of hydrogen-bond donors (Lipinski definition) is 1. The number of aromatic nitrogens is 2. The van der Waals surface area contributed by atoms with Crippen LogP contribution in [0.2, 0.25) is 0 Å². The van der Waals surface area contributed by atoms with Crippen molar-refractivity contribution in [2.45, 2.75) is 64.5 Å². The summed E-state index contributed by atoms with van der Waals surface area (Å²) < 4.78 is 0. The lowest BCUT2D eigenvalue weighted by molar-refractivity contribution is -0.129. The molecule has 1 saturated heterocycles. The molecule has 1 aliphatic heterocycles. The molecule has 1 aromatic rings. The van der Waals surface area contributed by atoms with E-state index in [2.05, 4.69) is 10.3 Å². The van der Waals surface area contributed by atoms with Crippen molar-refractivity contribution in [1.29, 1.82) is 0 Å². The van der Waals surface area contributed by atoms with Crippen LogP contribution < -0.4 is 5.32 Å². The van der Waals surface area contributed by atoms with E-state index in [0.717, 1.165) is 36.7 Å². The van der Waals surface area contributed by atoms with Crippen LogP contribution in [-0.2, 0) is 4.79 Å². The highest BCUT2D eigenvalue weighted by atomic mass is 16.2. The number of carbonyl (C=O) groups is 1. The van der Waals surface area contributed by atoms with Crippen LogP contribution in [0.15, 0.2) is 6.07 Å². The molecule has 2 aliphatic rings. The molecule has 1 amide bonds. The van der Waals surface area contributed by atoms with Gasteiger partial charge in [-0.2, -0.15) is 0 Å². The van der Waals surface area contributed by atoms with Crippen LogP contribution in [-0.4, -0.2) is 33.4 Å². The molecule has 5 heteroatoms. The van der Waals surface area contributed by atoms with Crippen LogP contribution in [0.3, 0.4) is 0 Å². The number of aryl methyl sites for hydroxylation is 1. The van der Waals surface area contributed by atoms with Gasteiger partial charge in [0.15, 0.2) is 5.82 Å². The maximum absolute atomic E-state index is 11.7. The Labute approximate surface area is 126 Å². The van der Waals surface area contributed by atoms with Gasteiger partial charge in [-0.1, -0.05) is 12.8 Å². The van der Waals surface area contributed by atoms with Gasteiger partial charge in [0, 0.05) is 31.3 Å². The summed E-state index contributed by atoms with van der Waals surface area (Å²) in [4.78, 5) is 22.9. The van der Waals surface area contributed by atoms with E-state index in [0.29, 0.717) is 6.04 Å². The molecule has 0 aromatic carbocycles. The standard InChI is InChI=1S/C16H24N4O/c1-11-10-15(18-13-6-3-4-7-13)19-16(17-11)14-8-5-9-20(14)12(2)21/h10,13-14H,3-9H2,1-2H3,(H,17,18,19)/t14-/m1/s1. The first-order valence-corrected chi connectivity index (χ1v) is 8.03. The third-order valence-corrected chi connectivity index (χ3v) is 4.53. The van der Waals surface area contributed by atoms with Crippen molar-refractivity contribution in [3.8, 4) is 0 Å². The van der Waals surface area contributed by atoms with Gasteiger partial charge in [-0.15, -0.1) is 0 Å². The zero-order valence-electron chi connectivity index (χ0n) is 12.9. The van der Waals surface area contributed by atoms with E-state index in [1.165, 1.54) is 25.7 Å². The van der Waals surface area contributed by atoms with Gasteiger partial charge in [0.05, 0.1) is 6.04 Å². The second kappa shape index (κ2) is 6.00. The highest BCUT2D eigenvalue weighted by Gasteiger charge is 2.30. The van der Waals surface area contributed by atoms with Crippen LogP contribution >= 0.6 is 0 Å². The average molecular weight is 288 g/mol. The van der Waals surface area contributed by atoms with Crippen LogP contribution in [0, 0.1) is 6.92 Å². The Hall–Kier alpha value is -1.65. The van der Waals surface area contributed by atoms with Crippen molar-refractivity contribution in [2.24, 2.45) is 0 Å². The Kier molecular flexibility index (Phi) is 4.08. The SMILES string of the molecule is CC(=O)N1CCC[C@@H]1c1nc(C)cc(NC2CCCC2)n1. The third-order valence-electron chi connectivity index (χ3n) is 4.53. The van der Waals surface area contributed by atoms with Crippen LogP contribution in [0.4, 0.5) is 5.82 Å². The topological polar surface area (TPSA) is 58.1 Å². The molecule has 1 N–H and O–H groups in total. The van der Waals surface area contributed by atoms with Crippen molar-refractivity contribution in [1.82, 2.24) is 14.9 Å². The zero-order chi connectivity index (χ0) is 14.8. The summed E-state index contributed by atoms with van der Waals surface area (Å²) in [7, 11) is 0. The van der Waals surface area contributed by atoms with E-state index in [-0.39, 0.29) is 11.9 Å². The molecule has 0 radical (unpaired) electrons. The normalized spacial score (nSPS) is 22.8. The Morgan fingerprint density at radius 3 is 2.71 bits per heavy atom. The highest BCUT2D eigenvalue weighted by molar-refractivity contribution is 5.74. The second-order valence-electron chi connectivity index (χ2n) is 6.25. The number of nitrogens with one attached hydrogen (secondary N) is 1. The first kappa shape index (κ1) is 14.3. The number of carbonyl (C=O) groups excluding carboxylic acids is 1. The summed E-state index contributed by atoms with van der Waals surface area (Å²) in [6, 6.07) is 2.60. The molecule has 21 heavy (non-hydrogen) atoms. The van der Waals surface area contributed by atoms with E-state index in [9.17, 15) is 4.79 Å². The number of hydrogen-bond acceptors (Lipinski definition) is 4. The predicted molar refractivity (Wildman–Crippen MR) is 82.0 cm³/mol. The van der Waals surface area contributed by atoms with Gasteiger partial charge < -0.3 is 10.2 Å². The molecule has 1 aromatic heterocycles. The van der Waals surface area contributed by atoms with Crippen molar-refractivity contribution < 1.29 is 4.79 Å². The van der Waals surface area contributed by atoms with E-state index in [1.807, 2.05) is 17.9 Å². The molecule has 0 unspecified atom stereocenters. The van der Waals surface area contributed by atoms with Gasteiger partial charge in [-0.25, -0.2) is 9.97 Å². The Morgan fingerprint density at radius 2 is 2.00 bits per heavy atom. The average Bonchev–Trinajstić information content (AvgIpc) is 3.08. The fraction of sp³-hybridized carbons (Fsp3) is 0.688. The van der Waals surface area contributed by atoms with Crippen molar-refractivity contribution in [3.63, 3.8) is 0 Å². The lowest BCUT2D eigenvalue weighted by atomic mass is 10.2. The lowest BCUT2D eigenvalue weighted by Gasteiger charge is -2.23. The molecular weight excluding hydrogens is 264 g/mol. The molecule has 5 nitrogen and oxygen atoms in total. The van der Waals surface area contributed by atoms with E-state index in [4.69, 9.17) is 4.98 Å². The Balaban J connectivity index is 1.81. The van der Waals surface area contributed by atoms with Gasteiger partial charge in [-0.05, 0) is 32.6 Å². The first-order chi connectivity index (χ1) is 10.1. The maximum atomic E-state index is 11.7. The summed E-state index contributed by atoms with van der Waals surface area (Å²) in [5.41, 5.74) is 0.968. The summed E-state index contributed by atoms with van der Waals surface area (Å²) in [6.45, 7) is 4.45. The fourth-order valence-electron chi connectivity index (χ4n) is 3.51. The van der Waals surface area contributed by atoms with Gasteiger partial charge in [0.1, 0.15) is 5.82 Å². The van der Waals surface area contributed by atoms with Crippen molar-refractivity contribution >= 4 is 11.7 Å². The van der Waals surface area contributed by atoms with E-state index in [1.54, 1.807) is 6.92 Å². The highest BCUT2D eigenvalue weighted by Crippen LogP contribution is 2.31. The minimum absolute atomic E-state index is 0.0477. The maximum Gasteiger partial charge on any atom is 0.220 e. The largest absolute Gasteiger partial charge is 0.367 e. The first-order valence-electron chi connectivity index (χ1n) is 8.03.